The van der Waals surface area contributed by atoms with E-state index in [0.717, 1.165) is 30.9 Å². The summed E-state index contributed by atoms with van der Waals surface area (Å²) in [6.07, 6.45) is 0.0793. The summed E-state index contributed by atoms with van der Waals surface area (Å²) in [6, 6.07) is 20.7. The van der Waals surface area contributed by atoms with Crippen molar-refractivity contribution in [3.05, 3.63) is 77.4 Å². The van der Waals surface area contributed by atoms with Gasteiger partial charge >= 0.3 is 5.97 Å². The maximum atomic E-state index is 11.3. The van der Waals surface area contributed by atoms with Crippen LogP contribution in [0.15, 0.2) is 60.7 Å². The van der Waals surface area contributed by atoms with Crippen LogP contribution < -0.4 is 10.2 Å². The van der Waals surface area contributed by atoms with Crippen LogP contribution in [0.2, 0.25) is 0 Å². The SMILES string of the molecule is Cc1cc(N2CCOC(CNC(C)c3cccc4ccccc34)C2)ccc1C(=O)O. The number of benzene rings is 3. The summed E-state index contributed by atoms with van der Waals surface area (Å²) < 4.78 is 6.00. The van der Waals surface area contributed by atoms with E-state index >= 15 is 0 Å². The van der Waals surface area contributed by atoms with Gasteiger partial charge in [-0.2, -0.15) is 0 Å². The molecule has 2 N–H and O–H groups in total. The molecule has 30 heavy (non-hydrogen) atoms. The number of carbonyl (C=O) groups is 1. The van der Waals surface area contributed by atoms with E-state index in [1.54, 1.807) is 6.07 Å². The molecule has 156 valence electrons. The van der Waals surface area contributed by atoms with E-state index in [4.69, 9.17) is 4.74 Å². The van der Waals surface area contributed by atoms with Gasteiger partial charge in [0.1, 0.15) is 0 Å². The Morgan fingerprint density at radius 2 is 2.00 bits per heavy atom. The summed E-state index contributed by atoms with van der Waals surface area (Å²) in [5, 5.41) is 15.4. The van der Waals surface area contributed by atoms with Gasteiger partial charge in [-0.3, -0.25) is 0 Å². The molecule has 2 unspecified atom stereocenters. The van der Waals surface area contributed by atoms with Crippen molar-refractivity contribution in [3.63, 3.8) is 0 Å². The average Bonchev–Trinajstić information content (AvgIpc) is 2.77. The van der Waals surface area contributed by atoms with Crippen LogP contribution in [-0.4, -0.2) is 43.4 Å². The van der Waals surface area contributed by atoms with E-state index in [1.165, 1.54) is 16.3 Å². The predicted octanol–water partition coefficient (Wildman–Crippen LogP) is 4.40. The molecule has 0 amide bonds. The lowest BCUT2D eigenvalue weighted by atomic mass is 9.99. The summed E-state index contributed by atoms with van der Waals surface area (Å²) in [7, 11) is 0. The molecule has 1 fully saturated rings. The zero-order chi connectivity index (χ0) is 21.1. The topological polar surface area (TPSA) is 61.8 Å². The molecular formula is C25H28N2O3. The van der Waals surface area contributed by atoms with Crippen LogP contribution >= 0.6 is 0 Å². The van der Waals surface area contributed by atoms with Crippen molar-refractivity contribution in [2.75, 3.05) is 31.1 Å². The predicted molar refractivity (Wildman–Crippen MR) is 120 cm³/mol. The highest BCUT2D eigenvalue weighted by molar-refractivity contribution is 5.90. The molecule has 1 saturated heterocycles. The lowest BCUT2D eigenvalue weighted by Gasteiger charge is -2.35. The number of rotatable bonds is 6. The van der Waals surface area contributed by atoms with E-state index in [-0.39, 0.29) is 12.1 Å². The molecule has 1 aliphatic rings. The van der Waals surface area contributed by atoms with Gasteiger partial charge in [-0.25, -0.2) is 4.79 Å². The highest BCUT2D eigenvalue weighted by atomic mass is 16.5. The van der Waals surface area contributed by atoms with Crippen molar-refractivity contribution in [1.82, 2.24) is 5.32 Å². The Labute approximate surface area is 177 Å². The number of aryl methyl sites for hydroxylation is 1. The van der Waals surface area contributed by atoms with E-state index in [2.05, 4.69) is 59.6 Å². The maximum absolute atomic E-state index is 11.3. The van der Waals surface area contributed by atoms with Crippen molar-refractivity contribution in [2.24, 2.45) is 0 Å². The number of carboxylic acid groups (broad SMARTS) is 1. The van der Waals surface area contributed by atoms with Crippen LogP contribution in [-0.2, 0) is 4.74 Å². The lowest BCUT2D eigenvalue weighted by molar-refractivity contribution is 0.0394. The molecule has 0 bridgehead atoms. The first-order valence-corrected chi connectivity index (χ1v) is 10.4. The Kier molecular flexibility index (Phi) is 6.02. The number of nitrogens with zero attached hydrogens (tertiary/aromatic N) is 1. The summed E-state index contributed by atoms with van der Waals surface area (Å²) in [6.45, 7) is 7.04. The van der Waals surface area contributed by atoms with Gasteiger partial charge in [-0.1, -0.05) is 42.5 Å². The Bertz CT molecular complexity index is 1040. The fourth-order valence-electron chi connectivity index (χ4n) is 4.21. The van der Waals surface area contributed by atoms with Crippen LogP contribution in [0.1, 0.15) is 34.5 Å². The second-order valence-electron chi connectivity index (χ2n) is 7.94. The molecular weight excluding hydrogens is 376 g/mol. The second-order valence-corrected chi connectivity index (χ2v) is 7.94. The van der Waals surface area contributed by atoms with E-state index < -0.39 is 5.97 Å². The number of nitrogens with one attached hydrogen (secondary N) is 1. The number of hydrogen-bond acceptors (Lipinski definition) is 4. The molecule has 1 aliphatic heterocycles. The number of hydrogen-bond donors (Lipinski definition) is 2. The molecule has 2 atom stereocenters. The number of aromatic carboxylic acids is 1. The zero-order valence-corrected chi connectivity index (χ0v) is 17.5. The second kappa shape index (κ2) is 8.86. The molecule has 0 saturated carbocycles. The molecule has 0 radical (unpaired) electrons. The van der Waals surface area contributed by atoms with E-state index in [9.17, 15) is 9.90 Å². The molecule has 0 aromatic heterocycles. The number of fused-ring (bicyclic) bond motifs is 1. The highest BCUT2D eigenvalue weighted by Gasteiger charge is 2.22. The van der Waals surface area contributed by atoms with Gasteiger partial charge in [0.25, 0.3) is 0 Å². The zero-order valence-electron chi connectivity index (χ0n) is 17.5. The minimum absolute atomic E-state index is 0.0793. The number of ether oxygens (including phenoxy) is 1. The summed E-state index contributed by atoms with van der Waals surface area (Å²) in [5.74, 6) is -0.884. The summed E-state index contributed by atoms with van der Waals surface area (Å²) >= 11 is 0. The van der Waals surface area contributed by atoms with E-state index in [1.807, 2.05) is 19.1 Å². The minimum atomic E-state index is -0.884. The quantitative estimate of drug-likeness (QED) is 0.638. The van der Waals surface area contributed by atoms with Gasteiger partial charge in [0.2, 0.25) is 0 Å². The third kappa shape index (κ3) is 4.32. The summed E-state index contributed by atoms with van der Waals surface area (Å²) in [5.41, 5.74) is 3.48. The van der Waals surface area contributed by atoms with Crippen LogP contribution in [0.4, 0.5) is 5.69 Å². The monoisotopic (exact) mass is 404 g/mol. The third-order valence-corrected chi connectivity index (χ3v) is 5.89. The molecule has 0 aliphatic carbocycles. The van der Waals surface area contributed by atoms with Crippen LogP contribution in [0.3, 0.4) is 0 Å². The molecule has 4 rings (SSSR count). The minimum Gasteiger partial charge on any atom is -0.478 e. The third-order valence-electron chi connectivity index (χ3n) is 5.89. The Morgan fingerprint density at radius 1 is 1.20 bits per heavy atom. The van der Waals surface area contributed by atoms with Crippen LogP contribution in [0.5, 0.6) is 0 Å². The normalized spacial score (nSPS) is 17.8. The van der Waals surface area contributed by atoms with Gasteiger partial charge in [0.15, 0.2) is 0 Å². The molecule has 5 heteroatoms. The van der Waals surface area contributed by atoms with Gasteiger partial charge in [0.05, 0.1) is 18.3 Å². The Hall–Kier alpha value is -2.89. The lowest BCUT2D eigenvalue weighted by Crippen LogP contribution is -2.47. The van der Waals surface area contributed by atoms with Crippen molar-refractivity contribution in [2.45, 2.75) is 26.0 Å². The largest absolute Gasteiger partial charge is 0.478 e. The Balaban J connectivity index is 1.41. The number of anilines is 1. The van der Waals surface area contributed by atoms with Gasteiger partial charge in [-0.05, 0) is 53.9 Å². The van der Waals surface area contributed by atoms with Crippen molar-refractivity contribution >= 4 is 22.4 Å². The first-order chi connectivity index (χ1) is 14.5. The maximum Gasteiger partial charge on any atom is 0.335 e. The van der Waals surface area contributed by atoms with Crippen LogP contribution in [0.25, 0.3) is 10.8 Å². The fraction of sp³-hybridized carbons (Fsp3) is 0.320. The van der Waals surface area contributed by atoms with E-state index in [0.29, 0.717) is 12.2 Å². The number of morpholine rings is 1. The van der Waals surface area contributed by atoms with Crippen molar-refractivity contribution in [3.8, 4) is 0 Å². The average molecular weight is 405 g/mol. The summed E-state index contributed by atoms with van der Waals surface area (Å²) in [4.78, 5) is 13.5. The van der Waals surface area contributed by atoms with Gasteiger partial charge in [-0.15, -0.1) is 0 Å². The van der Waals surface area contributed by atoms with Crippen molar-refractivity contribution < 1.29 is 14.6 Å². The Morgan fingerprint density at radius 3 is 2.80 bits per heavy atom. The molecule has 5 nitrogen and oxygen atoms in total. The first kappa shape index (κ1) is 20.4. The van der Waals surface area contributed by atoms with Crippen LogP contribution in [0, 0.1) is 6.92 Å². The first-order valence-electron chi connectivity index (χ1n) is 10.4. The van der Waals surface area contributed by atoms with Gasteiger partial charge < -0.3 is 20.1 Å². The van der Waals surface area contributed by atoms with Crippen molar-refractivity contribution in [1.29, 1.82) is 0 Å². The molecule has 3 aromatic rings. The standard InChI is InChI=1S/C25H28N2O3/c1-17-14-20(10-11-22(17)25(28)29)27-12-13-30-21(16-27)15-26-18(2)23-9-5-7-19-6-3-4-8-24(19)23/h3-11,14,18,21,26H,12-13,15-16H2,1-2H3,(H,28,29). The fourth-order valence-corrected chi connectivity index (χ4v) is 4.21. The van der Waals surface area contributed by atoms with Gasteiger partial charge in [0, 0.05) is 31.4 Å². The number of carboxylic acids is 1. The molecule has 3 aromatic carbocycles. The highest BCUT2D eigenvalue weighted by Crippen LogP contribution is 2.25. The smallest absolute Gasteiger partial charge is 0.335 e. The molecule has 0 spiro atoms. The molecule has 1 heterocycles.